The number of hydrogen-bond acceptors (Lipinski definition) is 2. The summed E-state index contributed by atoms with van der Waals surface area (Å²) in [6, 6.07) is 0. The Morgan fingerprint density at radius 2 is 2.45 bits per heavy atom. The fourth-order valence-corrected chi connectivity index (χ4v) is 0.752. The fraction of sp³-hybridized carbons (Fsp3) is 0.143. The highest BCUT2D eigenvalue weighted by Gasteiger charge is 2.10. The lowest BCUT2D eigenvalue weighted by molar-refractivity contribution is -0.130. The smallest absolute Gasteiger partial charge is 0.338 e. The van der Waals surface area contributed by atoms with E-state index in [0.29, 0.717) is 5.82 Å². The highest BCUT2D eigenvalue weighted by molar-refractivity contribution is 6.13. The number of aliphatic carboxylic acids is 1. The number of aromatic nitrogens is 2. The van der Waals surface area contributed by atoms with Crippen molar-refractivity contribution in [3.05, 3.63) is 24.8 Å². The average molecular weight is 152 g/mol. The Morgan fingerprint density at radius 3 is 2.82 bits per heavy atom. The maximum absolute atomic E-state index is 10.4. The van der Waals surface area contributed by atoms with Crippen LogP contribution in [0.1, 0.15) is 5.82 Å². The SMILES string of the molecule is C=C(C(=O)O)c1nccn1C. The highest BCUT2D eigenvalue weighted by Crippen LogP contribution is 2.07. The minimum Gasteiger partial charge on any atom is -0.478 e. The first-order chi connectivity index (χ1) is 5.13. The minimum atomic E-state index is -1.04. The molecule has 1 rings (SSSR count). The molecule has 0 amide bonds. The quantitative estimate of drug-likeness (QED) is 0.628. The van der Waals surface area contributed by atoms with Gasteiger partial charge in [-0.25, -0.2) is 9.78 Å². The molecule has 0 atom stereocenters. The lowest BCUT2D eigenvalue weighted by Crippen LogP contribution is -2.03. The Labute approximate surface area is 63.8 Å². The van der Waals surface area contributed by atoms with Crippen LogP contribution in [0.5, 0.6) is 0 Å². The first-order valence-electron chi connectivity index (χ1n) is 3.03. The highest BCUT2D eigenvalue weighted by atomic mass is 16.4. The summed E-state index contributed by atoms with van der Waals surface area (Å²) in [6.45, 7) is 3.37. The predicted octanol–water partition coefficient (Wildman–Crippen LogP) is 0.518. The van der Waals surface area contributed by atoms with Gasteiger partial charge in [0.15, 0.2) is 0 Å². The summed E-state index contributed by atoms with van der Waals surface area (Å²) >= 11 is 0. The van der Waals surface area contributed by atoms with E-state index in [1.807, 2.05) is 0 Å². The van der Waals surface area contributed by atoms with Crippen LogP contribution in [0.25, 0.3) is 5.57 Å². The third kappa shape index (κ3) is 1.29. The van der Waals surface area contributed by atoms with Gasteiger partial charge in [-0.15, -0.1) is 0 Å². The van der Waals surface area contributed by atoms with Crippen molar-refractivity contribution < 1.29 is 9.90 Å². The van der Waals surface area contributed by atoms with Gasteiger partial charge in [-0.2, -0.15) is 0 Å². The molecule has 1 aromatic rings. The number of hydrogen-bond donors (Lipinski definition) is 1. The largest absolute Gasteiger partial charge is 0.478 e. The van der Waals surface area contributed by atoms with Crippen molar-refractivity contribution in [1.29, 1.82) is 0 Å². The van der Waals surface area contributed by atoms with Crippen LogP contribution in [0, 0.1) is 0 Å². The molecule has 0 radical (unpaired) electrons. The number of carboxylic acids is 1. The van der Waals surface area contributed by atoms with Crippen molar-refractivity contribution in [3.8, 4) is 0 Å². The van der Waals surface area contributed by atoms with Gasteiger partial charge in [-0.05, 0) is 0 Å². The second-order valence-corrected chi connectivity index (χ2v) is 2.15. The molecule has 0 unspecified atom stereocenters. The Kier molecular flexibility index (Phi) is 1.76. The molecule has 0 aliphatic rings. The zero-order valence-electron chi connectivity index (χ0n) is 6.11. The summed E-state index contributed by atoms with van der Waals surface area (Å²) in [6.07, 6.45) is 3.20. The fourth-order valence-electron chi connectivity index (χ4n) is 0.752. The summed E-state index contributed by atoms with van der Waals surface area (Å²) in [5.41, 5.74) is 0.0116. The van der Waals surface area contributed by atoms with Gasteiger partial charge in [0.1, 0.15) is 5.82 Å². The van der Waals surface area contributed by atoms with Crippen molar-refractivity contribution in [1.82, 2.24) is 9.55 Å². The standard InChI is InChI=1S/C7H8N2O2/c1-5(7(10)11)6-8-3-4-9(6)2/h3-4H,1H2,2H3,(H,10,11). The molecule has 0 spiro atoms. The van der Waals surface area contributed by atoms with E-state index in [2.05, 4.69) is 11.6 Å². The topological polar surface area (TPSA) is 55.1 Å². The van der Waals surface area contributed by atoms with E-state index < -0.39 is 5.97 Å². The Hall–Kier alpha value is -1.58. The molecule has 1 heterocycles. The van der Waals surface area contributed by atoms with Gasteiger partial charge >= 0.3 is 5.97 Å². The van der Waals surface area contributed by atoms with Gasteiger partial charge in [-0.1, -0.05) is 6.58 Å². The van der Waals surface area contributed by atoms with Crippen LogP contribution in [-0.4, -0.2) is 20.6 Å². The molecule has 0 saturated heterocycles. The first kappa shape index (κ1) is 7.53. The Bertz CT molecular complexity index is 301. The molecule has 1 N–H and O–H groups in total. The summed E-state index contributed by atoms with van der Waals surface area (Å²) in [5, 5.41) is 8.53. The lowest BCUT2D eigenvalue weighted by atomic mass is 10.3. The van der Waals surface area contributed by atoms with Gasteiger partial charge < -0.3 is 9.67 Å². The van der Waals surface area contributed by atoms with E-state index in [4.69, 9.17) is 5.11 Å². The van der Waals surface area contributed by atoms with E-state index in [9.17, 15) is 4.79 Å². The zero-order valence-corrected chi connectivity index (χ0v) is 6.11. The minimum absolute atomic E-state index is 0.0116. The molecule has 0 bridgehead atoms. The summed E-state index contributed by atoms with van der Waals surface area (Å²) < 4.78 is 1.61. The monoisotopic (exact) mass is 152 g/mol. The van der Waals surface area contributed by atoms with E-state index in [-0.39, 0.29) is 5.57 Å². The summed E-state index contributed by atoms with van der Waals surface area (Å²) in [5.74, 6) is -0.656. The van der Waals surface area contributed by atoms with Gasteiger partial charge in [-0.3, -0.25) is 0 Å². The normalized spacial score (nSPS) is 9.55. The van der Waals surface area contributed by atoms with Crippen molar-refractivity contribution in [2.45, 2.75) is 0 Å². The van der Waals surface area contributed by atoms with Gasteiger partial charge in [0.25, 0.3) is 0 Å². The van der Waals surface area contributed by atoms with Crippen LogP contribution in [-0.2, 0) is 11.8 Å². The number of rotatable bonds is 2. The number of carboxylic acid groups (broad SMARTS) is 1. The molecule has 0 aliphatic carbocycles. The number of carbonyl (C=O) groups is 1. The Morgan fingerprint density at radius 1 is 1.82 bits per heavy atom. The van der Waals surface area contributed by atoms with Crippen molar-refractivity contribution in [2.75, 3.05) is 0 Å². The maximum Gasteiger partial charge on any atom is 0.338 e. The molecule has 0 aromatic carbocycles. The first-order valence-corrected chi connectivity index (χ1v) is 3.03. The maximum atomic E-state index is 10.4. The molecule has 1 aromatic heterocycles. The summed E-state index contributed by atoms with van der Waals surface area (Å²) in [4.78, 5) is 14.2. The third-order valence-corrected chi connectivity index (χ3v) is 1.35. The molecule has 11 heavy (non-hydrogen) atoms. The van der Waals surface area contributed by atoms with Gasteiger partial charge in [0, 0.05) is 19.4 Å². The van der Waals surface area contributed by atoms with E-state index >= 15 is 0 Å². The van der Waals surface area contributed by atoms with Crippen LogP contribution in [0.2, 0.25) is 0 Å². The number of imidazole rings is 1. The Balaban J connectivity index is 3.02. The second kappa shape index (κ2) is 2.57. The zero-order chi connectivity index (χ0) is 8.43. The molecular formula is C7H8N2O2. The molecule has 4 nitrogen and oxygen atoms in total. The van der Waals surface area contributed by atoms with Crippen molar-refractivity contribution in [3.63, 3.8) is 0 Å². The van der Waals surface area contributed by atoms with Crippen LogP contribution in [0.3, 0.4) is 0 Å². The molecule has 58 valence electrons. The van der Waals surface area contributed by atoms with Gasteiger partial charge in [0.2, 0.25) is 0 Å². The predicted molar refractivity (Wildman–Crippen MR) is 39.9 cm³/mol. The van der Waals surface area contributed by atoms with Crippen molar-refractivity contribution >= 4 is 11.5 Å². The lowest BCUT2D eigenvalue weighted by Gasteiger charge is -1.98. The van der Waals surface area contributed by atoms with Gasteiger partial charge in [0.05, 0.1) is 5.57 Å². The van der Waals surface area contributed by atoms with Crippen LogP contribution in [0.15, 0.2) is 19.0 Å². The molecular weight excluding hydrogens is 144 g/mol. The van der Waals surface area contributed by atoms with Crippen LogP contribution in [0.4, 0.5) is 0 Å². The van der Waals surface area contributed by atoms with E-state index in [1.165, 1.54) is 6.20 Å². The van der Waals surface area contributed by atoms with E-state index in [0.717, 1.165) is 0 Å². The van der Waals surface area contributed by atoms with E-state index in [1.54, 1.807) is 17.8 Å². The molecule has 0 saturated carbocycles. The summed E-state index contributed by atoms with van der Waals surface area (Å²) in [7, 11) is 1.72. The molecule has 4 heteroatoms. The third-order valence-electron chi connectivity index (χ3n) is 1.35. The average Bonchev–Trinajstić information content (AvgIpc) is 2.33. The number of nitrogens with zero attached hydrogens (tertiary/aromatic N) is 2. The molecule has 0 aliphatic heterocycles. The van der Waals surface area contributed by atoms with Crippen LogP contribution >= 0.6 is 0 Å². The second-order valence-electron chi connectivity index (χ2n) is 2.15. The van der Waals surface area contributed by atoms with Crippen molar-refractivity contribution in [2.24, 2.45) is 7.05 Å². The molecule has 0 fully saturated rings. The van der Waals surface area contributed by atoms with Crippen LogP contribution < -0.4 is 0 Å². The number of aryl methyl sites for hydroxylation is 1.